The van der Waals surface area contributed by atoms with E-state index in [2.05, 4.69) is 5.32 Å². The highest BCUT2D eigenvalue weighted by molar-refractivity contribution is 5.85. The second kappa shape index (κ2) is 3.81. The van der Waals surface area contributed by atoms with E-state index in [0.29, 0.717) is 13.0 Å². The summed E-state index contributed by atoms with van der Waals surface area (Å²) in [6.45, 7) is 2.72. The van der Waals surface area contributed by atoms with Crippen molar-refractivity contribution in [2.45, 2.75) is 19.3 Å². The molecule has 5 heteroatoms. The number of rotatable bonds is 2. The van der Waals surface area contributed by atoms with E-state index in [4.69, 9.17) is 5.73 Å². The van der Waals surface area contributed by atoms with Crippen LogP contribution in [0.15, 0.2) is 0 Å². The summed E-state index contributed by atoms with van der Waals surface area (Å²) in [5.74, 6) is -0.343. The van der Waals surface area contributed by atoms with Crippen LogP contribution in [-0.2, 0) is 9.59 Å². The predicted molar refractivity (Wildman–Crippen MR) is 54.9 cm³/mol. The number of amides is 2. The van der Waals surface area contributed by atoms with Gasteiger partial charge in [-0.3, -0.25) is 9.59 Å². The van der Waals surface area contributed by atoms with Crippen LogP contribution in [0.2, 0.25) is 0 Å². The van der Waals surface area contributed by atoms with Crippen molar-refractivity contribution < 1.29 is 9.59 Å². The molecule has 2 rings (SSSR count). The van der Waals surface area contributed by atoms with Crippen molar-refractivity contribution in [1.82, 2.24) is 10.2 Å². The smallest absolute Gasteiger partial charge is 0.237 e. The second-order valence-corrected chi connectivity index (χ2v) is 4.64. The molecule has 3 N–H and O–H groups in total. The average Bonchev–Trinajstić information content (AvgIpc) is 2.43. The molecule has 2 aliphatic rings. The average molecular weight is 211 g/mol. The zero-order chi connectivity index (χ0) is 10.9. The molecule has 0 radical (unpaired) electrons. The molecule has 2 fully saturated rings. The Labute approximate surface area is 89.0 Å². The molecular formula is C10H17N3O2. The first-order chi connectivity index (χ1) is 7.11. The minimum Gasteiger partial charge on any atom is -0.368 e. The van der Waals surface area contributed by atoms with E-state index in [9.17, 15) is 9.59 Å². The first-order valence-corrected chi connectivity index (χ1v) is 5.38. The van der Waals surface area contributed by atoms with Crippen molar-refractivity contribution in [3.8, 4) is 0 Å². The number of hydrogen-bond acceptors (Lipinski definition) is 3. The standard InChI is InChI=1S/C10H17N3O2/c11-8(14)6-13-7-10(5-9(13)15)1-3-12-4-2-10/h12H,1-7H2,(H2,11,14). The van der Waals surface area contributed by atoms with Crippen LogP contribution >= 0.6 is 0 Å². The van der Waals surface area contributed by atoms with E-state index in [1.165, 1.54) is 0 Å². The van der Waals surface area contributed by atoms with Gasteiger partial charge in [0.05, 0.1) is 6.54 Å². The van der Waals surface area contributed by atoms with Gasteiger partial charge in [-0.15, -0.1) is 0 Å². The van der Waals surface area contributed by atoms with Crippen LogP contribution < -0.4 is 11.1 Å². The van der Waals surface area contributed by atoms with Crippen LogP contribution in [0.4, 0.5) is 0 Å². The maximum atomic E-state index is 11.7. The van der Waals surface area contributed by atoms with E-state index in [1.807, 2.05) is 0 Å². The highest BCUT2D eigenvalue weighted by Crippen LogP contribution is 2.38. The summed E-state index contributed by atoms with van der Waals surface area (Å²) in [4.78, 5) is 24.1. The summed E-state index contributed by atoms with van der Waals surface area (Å²) in [5.41, 5.74) is 5.22. The quantitative estimate of drug-likeness (QED) is 0.620. The number of nitrogens with two attached hydrogens (primary N) is 1. The number of primary amides is 1. The number of nitrogens with one attached hydrogen (secondary N) is 1. The van der Waals surface area contributed by atoms with Gasteiger partial charge in [0.15, 0.2) is 0 Å². The highest BCUT2D eigenvalue weighted by atomic mass is 16.2. The molecule has 0 bridgehead atoms. The first-order valence-electron chi connectivity index (χ1n) is 5.38. The first kappa shape index (κ1) is 10.4. The Balaban J connectivity index is 2.01. The fraction of sp³-hybridized carbons (Fsp3) is 0.800. The zero-order valence-corrected chi connectivity index (χ0v) is 8.79. The zero-order valence-electron chi connectivity index (χ0n) is 8.79. The predicted octanol–water partition coefficient (Wildman–Crippen LogP) is -0.926. The molecule has 0 aromatic heterocycles. The highest BCUT2D eigenvalue weighted by Gasteiger charge is 2.43. The molecule has 2 amide bonds. The van der Waals surface area contributed by atoms with E-state index in [0.717, 1.165) is 25.9 Å². The summed E-state index contributed by atoms with van der Waals surface area (Å²) in [7, 11) is 0. The van der Waals surface area contributed by atoms with Crippen molar-refractivity contribution >= 4 is 11.8 Å². The third-order valence-electron chi connectivity index (χ3n) is 3.42. The molecule has 0 aromatic rings. The molecule has 84 valence electrons. The Morgan fingerprint density at radius 3 is 2.73 bits per heavy atom. The molecule has 2 saturated heterocycles. The van der Waals surface area contributed by atoms with E-state index in [-0.39, 0.29) is 17.9 Å². The van der Waals surface area contributed by atoms with Crippen LogP contribution in [0.5, 0.6) is 0 Å². The molecule has 0 saturated carbocycles. The Morgan fingerprint density at radius 1 is 1.47 bits per heavy atom. The lowest BCUT2D eigenvalue weighted by Gasteiger charge is -2.32. The summed E-state index contributed by atoms with van der Waals surface area (Å²) in [6.07, 6.45) is 2.63. The normalized spacial score (nSPS) is 24.8. The van der Waals surface area contributed by atoms with Crippen molar-refractivity contribution in [3.05, 3.63) is 0 Å². The van der Waals surface area contributed by atoms with Crippen molar-refractivity contribution in [1.29, 1.82) is 0 Å². The van der Waals surface area contributed by atoms with Gasteiger partial charge in [0.1, 0.15) is 0 Å². The Bertz CT molecular complexity index is 284. The Morgan fingerprint density at radius 2 is 2.13 bits per heavy atom. The van der Waals surface area contributed by atoms with Gasteiger partial charge in [-0.1, -0.05) is 0 Å². The molecule has 0 aromatic carbocycles. The third kappa shape index (κ3) is 2.12. The van der Waals surface area contributed by atoms with Crippen LogP contribution in [0, 0.1) is 5.41 Å². The number of carbonyl (C=O) groups is 2. The summed E-state index contributed by atoms with van der Waals surface area (Å²) in [6, 6.07) is 0. The fourth-order valence-electron chi connectivity index (χ4n) is 2.61. The lowest BCUT2D eigenvalue weighted by molar-refractivity contribution is -0.132. The summed E-state index contributed by atoms with van der Waals surface area (Å²) in [5, 5.41) is 3.28. The van der Waals surface area contributed by atoms with Crippen LogP contribution in [-0.4, -0.2) is 42.9 Å². The van der Waals surface area contributed by atoms with Crippen LogP contribution in [0.1, 0.15) is 19.3 Å². The number of likely N-dealkylation sites (tertiary alicyclic amines) is 1. The number of nitrogens with zero attached hydrogens (tertiary/aromatic N) is 1. The molecule has 0 atom stereocenters. The molecule has 15 heavy (non-hydrogen) atoms. The van der Waals surface area contributed by atoms with Gasteiger partial charge >= 0.3 is 0 Å². The van der Waals surface area contributed by atoms with E-state index < -0.39 is 5.91 Å². The minimum absolute atomic E-state index is 0.0774. The summed E-state index contributed by atoms with van der Waals surface area (Å²) >= 11 is 0. The maximum absolute atomic E-state index is 11.7. The summed E-state index contributed by atoms with van der Waals surface area (Å²) < 4.78 is 0. The minimum atomic E-state index is -0.422. The number of hydrogen-bond donors (Lipinski definition) is 2. The largest absolute Gasteiger partial charge is 0.368 e. The van der Waals surface area contributed by atoms with Crippen molar-refractivity contribution in [3.63, 3.8) is 0 Å². The van der Waals surface area contributed by atoms with Crippen LogP contribution in [0.3, 0.4) is 0 Å². The van der Waals surface area contributed by atoms with Gasteiger partial charge in [-0.05, 0) is 31.3 Å². The van der Waals surface area contributed by atoms with Gasteiger partial charge in [-0.25, -0.2) is 0 Å². The molecule has 0 unspecified atom stereocenters. The molecular weight excluding hydrogens is 194 g/mol. The number of carbonyl (C=O) groups excluding carboxylic acids is 2. The topological polar surface area (TPSA) is 75.4 Å². The van der Waals surface area contributed by atoms with Gasteiger partial charge in [-0.2, -0.15) is 0 Å². The van der Waals surface area contributed by atoms with Gasteiger partial charge in [0.25, 0.3) is 0 Å². The molecule has 2 aliphatic heterocycles. The second-order valence-electron chi connectivity index (χ2n) is 4.64. The van der Waals surface area contributed by atoms with Crippen molar-refractivity contribution in [2.75, 3.05) is 26.2 Å². The Kier molecular flexibility index (Phi) is 2.65. The van der Waals surface area contributed by atoms with E-state index in [1.54, 1.807) is 4.90 Å². The fourth-order valence-corrected chi connectivity index (χ4v) is 2.61. The molecule has 0 aliphatic carbocycles. The molecule has 2 heterocycles. The van der Waals surface area contributed by atoms with Gasteiger partial charge in [0.2, 0.25) is 11.8 Å². The van der Waals surface area contributed by atoms with E-state index >= 15 is 0 Å². The Hall–Kier alpha value is -1.10. The van der Waals surface area contributed by atoms with Gasteiger partial charge < -0.3 is 16.0 Å². The molecule has 1 spiro atoms. The lowest BCUT2D eigenvalue weighted by atomic mass is 9.78. The van der Waals surface area contributed by atoms with Crippen molar-refractivity contribution in [2.24, 2.45) is 11.1 Å². The monoisotopic (exact) mass is 211 g/mol. The van der Waals surface area contributed by atoms with Gasteiger partial charge in [0, 0.05) is 13.0 Å². The van der Waals surface area contributed by atoms with Crippen LogP contribution in [0.25, 0.3) is 0 Å². The third-order valence-corrected chi connectivity index (χ3v) is 3.42. The number of piperidine rings is 1. The SMILES string of the molecule is NC(=O)CN1CC2(CCNCC2)CC1=O. The maximum Gasteiger partial charge on any atom is 0.237 e. The molecule has 5 nitrogen and oxygen atoms in total. The lowest BCUT2D eigenvalue weighted by Crippen LogP contribution is -2.40.